The van der Waals surface area contributed by atoms with Gasteiger partial charge in [-0.3, -0.25) is 18.9 Å². The van der Waals surface area contributed by atoms with E-state index in [9.17, 15) is 24.2 Å². The number of methoxy groups -OCH3 is 3. The van der Waals surface area contributed by atoms with Crippen LogP contribution in [0, 0.1) is 11.3 Å². The largest absolute Gasteiger partial charge is 0.468 e. The maximum absolute atomic E-state index is 14.2. The van der Waals surface area contributed by atoms with Gasteiger partial charge in [0.25, 0.3) is 0 Å². The number of ether oxygens (including phenoxy) is 6. The number of para-hydroxylation sites is 1. The molecule has 3 heterocycles. The van der Waals surface area contributed by atoms with Crippen molar-refractivity contribution >= 4 is 37.0 Å². The van der Waals surface area contributed by atoms with Crippen molar-refractivity contribution in [3.8, 4) is 11.8 Å². The molecule has 19 heteroatoms. The molecule has 1 unspecified atom stereocenters. The third-order valence-electron chi connectivity index (χ3n) is 7.26. The summed E-state index contributed by atoms with van der Waals surface area (Å²) in [5.74, 6) is -2.18. The fourth-order valence-corrected chi connectivity index (χ4v) is 6.39. The highest BCUT2D eigenvalue weighted by molar-refractivity contribution is 7.52. The maximum atomic E-state index is 14.2. The standard InChI is InChI=1S/C30H37N6O12P/c1-19(29(39)43-4)35-49(40,48-20-8-6-5-7-9-20)44-17-30(16-31)27(46-24(38)13-15-42-3)26(45-23(37)12-14-41-2)25(47-30)21-10-11-22-28(32)33-18-34-36(21)22/h5-11,18-19,25-27H,12-15,17H2,1-4H3,(H,35,40)(H2,32,33,34)/t19-,25-,26-,27-,30+,49?/m0/s1. The number of aromatic nitrogens is 3. The van der Waals surface area contributed by atoms with Gasteiger partial charge in [-0.15, -0.1) is 0 Å². The summed E-state index contributed by atoms with van der Waals surface area (Å²) in [4.78, 5) is 42.3. The maximum Gasteiger partial charge on any atom is 0.459 e. The molecular formula is C30H37N6O12P. The summed E-state index contributed by atoms with van der Waals surface area (Å²) in [5, 5.41) is 17.4. The Morgan fingerprint density at radius 1 is 1.08 bits per heavy atom. The highest BCUT2D eigenvalue weighted by Gasteiger charge is 2.62. The molecule has 4 rings (SSSR count). The molecule has 3 N–H and O–H groups in total. The summed E-state index contributed by atoms with van der Waals surface area (Å²) in [6.45, 7) is 0.447. The van der Waals surface area contributed by atoms with Crippen LogP contribution in [0.3, 0.4) is 0 Å². The zero-order valence-electron chi connectivity index (χ0n) is 27.2. The zero-order valence-corrected chi connectivity index (χ0v) is 28.1. The van der Waals surface area contributed by atoms with E-state index >= 15 is 0 Å². The number of carbonyl (C=O) groups is 3. The van der Waals surface area contributed by atoms with E-state index in [1.165, 1.54) is 44.1 Å². The second-order valence-corrected chi connectivity index (χ2v) is 12.3. The molecule has 0 radical (unpaired) electrons. The van der Waals surface area contributed by atoms with Gasteiger partial charge in [0.15, 0.2) is 18.0 Å². The highest BCUT2D eigenvalue weighted by Crippen LogP contribution is 2.50. The van der Waals surface area contributed by atoms with Crippen LogP contribution in [-0.2, 0) is 51.9 Å². The lowest BCUT2D eigenvalue weighted by Crippen LogP contribution is -2.50. The Kier molecular flexibility index (Phi) is 12.6. The molecule has 0 amide bonds. The van der Waals surface area contributed by atoms with E-state index in [4.69, 9.17) is 43.2 Å². The van der Waals surface area contributed by atoms with Crippen LogP contribution in [0.4, 0.5) is 5.82 Å². The fourth-order valence-electron chi connectivity index (χ4n) is 4.87. The molecule has 2 aromatic heterocycles. The van der Waals surface area contributed by atoms with Crippen LogP contribution in [0.5, 0.6) is 5.75 Å². The van der Waals surface area contributed by atoms with Crippen LogP contribution >= 0.6 is 7.75 Å². The Morgan fingerprint density at radius 2 is 1.76 bits per heavy atom. The molecule has 1 aliphatic heterocycles. The summed E-state index contributed by atoms with van der Waals surface area (Å²) in [5.41, 5.74) is 4.35. The molecule has 0 spiro atoms. The first-order valence-electron chi connectivity index (χ1n) is 14.9. The molecule has 1 fully saturated rings. The Morgan fingerprint density at radius 3 is 2.39 bits per heavy atom. The van der Waals surface area contributed by atoms with Crippen molar-refractivity contribution in [2.24, 2.45) is 0 Å². The Labute approximate surface area is 281 Å². The van der Waals surface area contributed by atoms with Gasteiger partial charge in [0.05, 0.1) is 38.9 Å². The number of nitrogens with two attached hydrogens (primary N) is 1. The van der Waals surface area contributed by atoms with Gasteiger partial charge in [-0.05, 0) is 31.2 Å². The molecule has 0 aliphatic carbocycles. The van der Waals surface area contributed by atoms with Crippen molar-refractivity contribution in [3.05, 3.63) is 54.5 Å². The van der Waals surface area contributed by atoms with Crippen LogP contribution < -0.4 is 15.3 Å². The number of nitrogen functional groups attached to an aromatic ring is 1. The second kappa shape index (κ2) is 16.7. The van der Waals surface area contributed by atoms with Crippen LogP contribution in [0.15, 0.2) is 48.8 Å². The number of hydrogen-bond acceptors (Lipinski definition) is 16. The smallest absolute Gasteiger partial charge is 0.459 e. The molecule has 1 aromatic carbocycles. The second-order valence-electron chi connectivity index (χ2n) is 10.6. The Hall–Kier alpha value is -4.63. The molecule has 1 aliphatic rings. The van der Waals surface area contributed by atoms with Crippen LogP contribution in [0.25, 0.3) is 5.52 Å². The normalized spacial score (nSPS) is 22.1. The van der Waals surface area contributed by atoms with Gasteiger partial charge in [0.1, 0.15) is 42.4 Å². The van der Waals surface area contributed by atoms with Crippen molar-refractivity contribution in [3.63, 3.8) is 0 Å². The molecule has 0 bridgehead atoms. The van der Waals surface area contributed by atoms with Crippen molar-refractivity contribution in [2.75, 3.05) is 46.9 Å². The van der Waals surface area contributed by atoms with Gasteiger partial charge >= 0.3 is 25.7 Å². The molecule has 49 heavy (non-hydrogen) atoms. The van der Waals surface area contributed by atoms with Gasteiger partial charge in [-0.25, -0.2) is 14.1 Å². The van der Waals surface area contributed by atoms with Crippen molar-refractivity contribution in [2.45, 2.75) is 49.7 Å². The molecular weight excluding hydrogens is 667 g/mol. The molecule has 6 atom stereocenters. The lowest BCUT2D eigenvalue weighted by molar-refractivity contribution is -0.170. The van der Waals surface area contributed by atoms with Crippen molar-refractivity contribution in [1.82, 2.24) is 19.7 Å². The molecule has 1 saturated heterocycles. The number of anilines is 1. The number of hydrogen-bond donors (Lipinski definition) is 2. The third-order valence-corrected chi connectivity index (χ3v) is 8.88. The Bertz CT molecular complexity index is 1700. The van der Waals surface area contributed by atoms with E-state index in [0.717, 1.165) is 7.11 Å². The minimum atomic E-state index is -4.55. The average molecular weight is 705 g/mol. The van der Waals surface area contributed by atoms with E-state index in [0.29, 0.717) is 5.52 Å². The first-order valence-corrected chi connectivity index (χ1v) is 16.4. The minimum absolute atomic E-state index is 0.00372. The van der Waals surface area contributed by atoms with E-state index in [1.54, 1.807) is 30.3 Å². The lowest BCUT2D eigenvalue weighted by atomic mass is 9.95. The predicted octanol–water partition coefficient (Wildman–Crippen LogP) is 1.90. The minimum Gasteiger partial charge on any atom is -0.468 e. The zero-order chi connectivity index (χ0) is 35.6. The predicted molar refractivity (Wildman–Crippen MR) is 168 cm³/mol. The number of benzene rings is 1. The van der Waals surface area contributed by atoms with E-state index in [2.05, 4.69) is 15.2 Å². The first kappa shape index (κ1) is 37.2. The van der Waals surface area contributed by atoms with Crippen LogP contribution in [-0.4, -0.2) is 97.5 Å². The van der Waals surface area contributed by atoms with Crippen LogP contribution in [0.2, 0.25) is 0 Å². The fraction of sp³-hybridized carbons (Fsp3) is 0.467. The molecule has 18 nitrogen and oxygen atoms in total. The lowest BCUT2D eigenvalue weighted by Gasteiger charge is -2.30. The highest BCUT2D eigenvalue weighted by atomic mass is 31.2. The van der Waals surface area contributed by atoms with Gasteiger partial charge in [-0.2, -0.15) is 15.4 Å². The molecule has 264 valence electrons. The van der Waals surface area contributed by atoms with E-state index in [1.807, 2.05) is 6.07 Å². The van der Waals surface area contributed by atoms with Crippen molar-refractivity contribution in [1.29, 1.82) is 5.26 Å². The van der Waals surface area contributed by atoms with E-state index < -0.39 is 62.2 Å². The van der Waals surface area contributed by atoms with Crippen molar-refractivity contribution < 1.29 is 56.4 Å². The summed E-state index contributed by atoms with van der Waals surface area (Å²) < 4.78 is 59.7. The first-order chi connectivity index (χ1) is 23.5. The third kappa shape index (κ3) is 8.89. The van der Waals surface area contributed by atoms with Gasteiger partial charge in [0.2, 0.25) is 5.60 Å². The average Bonchev–Trinajstić information content (AvgIpc) is 3.65. The quantitative estimate of drug-likeness (QED) is 0.116. The number of carbonyl (C=O) groups excluding carboxylic acids is 3. The van der Waals surface area contributed by atoms with Gasteiger partial charge in [-0.1, -0.05) is 18.2 Å². The topological polar surface area (TPSA) is 234 Å². The summed E-state index contributed by atoms with van der Waals surface area (Å²) in [7, 11) is -0.626. The number of fused-ring (bicyclic) bond motifs is 1. The number of nitrogens with one attached hydrogen (secondary N) is 1. The number of nitrogens with zero attached hydrogens (tertiary/aromatic N) is 4. The number of esters is 3. The summed E-state index contributed by atoms with van der Waals surface area (Å²) >= 11 is 0. The molecule has 0 saturated carbocycles. The van der Waals surface area contributed by atoms with E-state index in [-0.39, 0.29) is 43.3 Å². The van der Waals surface area contributed by atoms with Gasteiger partial charge < -0.3 is 38.7 Å². The Balaban J connectivity index is 1.79. The van der Waals surface area contributed by atoms with Gasteiger partial charge in [0, 0.05) is 14.2 Å². The monoisotopic (exact) mass is 704 g/mol. The summed E-state index contributed by atoms with van der Waals surface area (Å²) in [6.07, 6.45) is -3.73. The SMILES string of the molecule is COCCC(=O)O[C@H]1[C@H](c2ccc3c(N)ncnn23)O[C@](C#N)(COP(=O)(N[C@@H](C)C(=O)OC)Oc2ccccc2)[C@H]1OC(=O)CCOC. The number of rotatable bonds is 17. The van der Waals surface area contributed by atoms with Crippen LogP contribution in [0.1, 0.15) is 31.6 Å². The number of nitriles is 1. The summed E-state index contributed by atoms with van der Waals surface area (Å²) in [6, 6.07) is 11.8. The molecule has 3 aromatic rings.